The van der Waals surface area contributed by atoms with E-state index in [-0.39, 0.29) is 36.5 Å². The zero-order valence-electron chi connectivity index (χ0n) is 16.8. The van der Waals surface area contributed by atoms with E-state index in [9.17, 15) is 9.59 Å². The number of Topliss-reactive ketones (excluding diaryl/α,β-unsaturated/α-hetero) is 1. The molecule has 0 radical (unpaired) electrons. The number of hydrogen-bond donors (Lipinski definition) is 0. The number of fused-ring (bicyclic) bond motifs is 2. The third-order valence-electron chi connectivity index (χ3n) is 5.97. The van der Waals surface area contributed by atoms with Gasteiger partial charge in [-0.2, -0.15) is 0 Å². The van der Waals surface area contributed by atoms with Gasteiger partial charge >= 0.3 is 6.09 Å². The molecule has 0 spiro atoms. The summed E-state index contributed by atoms with van der Waals surface area (Å²) < 4.78 is 11.2. The fourth-order valence-electron chi connectivity index (χ4n) is 4.65. The average Bonchev–Trinajstić information content (AvgIpc) is 3.02. The summed E-state index contributed by atoms with van der Waals surface area (Å²) in [5, 5.41) is 0. The van der Waals surface area contributed by atoms with E-state index in [0.717, 1.165) is 18.4 Å². The Morgan fingerprint density at radius 3 is 2.31 bits per heavy atom. The molecule has 1 amide bonds. The first kappa shape index (κ1) is 19.5. The highest BCUT2D eigenvalue weighted by molar-refractivity contribution is 6.00. The van der Waals surface area contributed by atoms with E-state index in [4.69, 9.17) is 9.47 Å². The van der Waals surface area contributed by atoms with E-state index >= 15 is 0 Å². The van der Waals surface area contributed by atoms with Crippen LogP contribution in [0, 0.1) is 5.92 Å². The largest absolute Gasteiger partial charge is 0.493 e. The highest BCUT2D eigenvalue weighted by Crippen LogP contribution is 2.41. The number of ether oxygens (including phenoxy) is 2. The lowest BCUT2D eigenvalue weighted by Gasteiger charge is -2.37. The Balaban J connectivity index is 1.41. The van der Waals surface area contributed by atoms with Crippen molar-refractivity contribution in [3.05, 3.63) is 65.7 Å². The lowest BCUT2D eigenvalue weighted by Crippen LogP contribution is -2.48. The predicted molar refractivity (Wildman–Crippen MR) is 110 cm³/mol. The van der Waals surface area contributed by atoms with Gasteiger partial charge in [0, 0.05) is 18.0 Å². The molecule has 2 saturated heterocycles. The van der Waals surface area contributed by atoms with Gasteiger partial charge in [0.25, 0.3) is 0 Å². The topological polar surface area (TPSA) is 55.8 Å². The number of ketones is 1. The molecule has 29 heavy (non-hydrogen) atoms. The molecular weight excluding hydrogens is 366 g/mol. The highest BCUT2D eigenvalue weighted by Gasteiger charge is 2.46. The quantitative estimate of drug-likeness (QED) is 0.659. The van der Waals surface area contributed by atoms with Crippen molar-refractivity contribution >= 4 is 11.9 Å². The van der Waals surface area contributed by atoms with Gasteiger partial charge in [-0.3, -0.25) is 4.79 Å². The molecular formula is C24H27NO4. The van der Waals surface area contributed by atoms with E-state index in [1.807, 2.05) is 66.4 Å². The summed E-state index contributed by atoms with van der Waals surface area (Å²) in [7, 11) is 0. The normalized spacial score (nSPS) is 22.9. The van der Waals surface area contributed by atoms with Crippen LogP contribution >= 0.6 is 0 Å². The Morgan fingerprint density at radius 2 is 1.62 bits per heavy atom. The summed E-state index contributed by atoms with van der Waals surface area (Å²) in [5.41, 5.74) is 1.63. The number of rotatable bonds is 6. The highest BCUT2D eigenvalue weighted by atomic mass is 16.6. The maximum Gasteiger partial charge on any atom is 0.410 e. The number of piperidine rings is 1. The van der Waals surface area contributed by atoms with E-state index in [1.54, 1.807) is 0 Å². The summed E-state index contributed by atoms with van der Waals surface area (Å²) in [5.74, 6) is 0.701. The molecule has 152 valence electrons. The number of carbonyl (C=O) groups excluding carboxylic acids is 2. The van der Waals surface area contributed by atoms with Gasteiger partial charge in [0.1, 0.15) is 12.4 Å². The van der Waals surface area contributed by atoms with Gasteiger partial charge in [-0.1, -0.05) is 42.5 Å². The standard InChI is InChI=1S/C24H27NO4/c1-2-28-22-11-7-6-10-21(22)23(26)18-14-19-12-13-20(15-18)25(19)24(27)29-16-17-8-4-3-5-9-17/h3-11,18-20H,2,12-16H2,1H3. The number of carbonyl (C=O) groups is 2. The van der Waals surface area contributed by atoms with Crippen molar-refractivity contribution in [2.24, 2.45) is 5.92 Å². The number of amides is 1. The van der Waals surface area contributed by atoms with Crippen LogP contribution in [0.25, 0.3) is 0 Å². The monoisotopic (exact) mass is 393 g/mol. The Labute approximate surface area is 171 Å². The van der Waals surface area contributed by atoms with Crippen molar-refractivity contribution in [3.8, 4) is 5.75 Å². The van der Waals surface area contributed by atoms with Crippen molar-refractivity contribution in [1.82, 2.24) is 4.90 Å². The molecule has 5 nitrogen and oxygen atoms in total. The maximum absolute atomic E-state index is 13.2. The summed E-state index contributed by atoms with van der Waals surface area (Å²) in [6.07, 6.45) is 2.98. The molecule has 2 bridgehead atoms. The van der Waals surface area contributed by atoms with Gasteiger partial charge in [0.2, 0.25) is 0 Å². The summed E-state index contributed by atoms with van der Waals surface area (Å²) in [4.78, 5) is 27.8. The molecule has 2 fully saturated rings. The van der Waals surface area contributed by atoms with Crippen molar-refractivity contribution in [1.29, 1.82) is 0 Å². The van der Waals surface area contributed by atoms with Crippen molar-refractivity contribution in [3.63, 3.8) is 0 Å². The van der Waals surface area contributed by atoms with Gasteiger partial charge in [-0.15, -0.1) is 0 Å². The van der Waals surface area contributed by atoms with Crippen LogP contribution in [0.4, 0.5) is 4.79 Å². The van der Waals surface area contributed by atoms with Crippen LogP contribution in [0.15, 0.2) is 54.6 Å². The number of benzene rings is 2. The lowest BCUT2D eigenvalue weighted by atomic mass is 9.84. The third-order valence-corrected chi connectivity index (χ3v) is 5.97. The molecule has 0 aromatic heterocycles. The van der Waals surface area contributed by atoms with Gasteiger partial charge in [-0.05, 0) is 50.3 Å². The van der Waals surface area contributed by atoms with Crippen LogP contribution in [0.3, 0.4) is 0 Å². The third kappa shape index (κ3) is 4.14. The van der Waals surface area contributed by atoms with Gasteiger partial charge < -0.3 is 14.4 Å². The Morgan fingerprint density at radius 1 is 0.966 bits per heavy atom. The zero-order chi connectivity index (χ0) is 20.2. The SMILES string of the molecule is CCOc1ccccc1C(=O)C1CC2CCC(C1)N2C(=O)OCc1ccccc1. The minimum absolute atomic E-state index is 0.0743. The molecule has 2 aromatic rings. The molecule has 2 aromatic carbocycles. The van der Waals surface area contributed by atoms with Crippen LogP contribution < -0.4 is 4.74 Å². The molecule has 0 N–H and O–H groups in total. The number of para-hydroxylation sites is 1. The van der Waals surface area contributed by atoms with E-state index < -0.39 is 0 Å². The fourth-order valence-corrected chi connectivity index (χ4v) is 4.65. The van der Waals surface area contributed by atoms with E-state index in [1.165, 1.54) is 0 Å². The van der Waals surface area contributed by atoms with Gasteiger partial charge in [0.05, 0.1) is 12.2 Å². The molecule has 2 aliphatic rings. The second kappa shape index (κ2) is 8.68. The molecule has 2 aliphatic heterocycles. The fraction of sp³-hybridized carbons (Fsp3) is 0.417. The minimum atomic E-state index is -0.262. The molecule has 2 atom stereocenters. The van der Waals surface area contributed by atoms with E-state index in [2.05, 4.69) is 0 Å². The molecule has 2 heterocycles. The summed E-state index contributed by atoms with van der Waals surface area (Å²) >= 11 is 0. The second-order valence-electron chi connectivity index (χ2n) is 7.79. The van der Waals surface area contributed by atoms with Crippen LogP contribution in [0.2, 0.25) is 0 Å². The average molecular weight is 393 g/mol. The molecule has 5 heteroatoms. The smallest absolute Gasteiger partial charge is 0.410 e. The maximum atomic E-state index is 13.2. The zero-order valence-corrected chi connectivity index (χ0v) is 16.8. The Bertz CT molecular complexity index is 852. The summed E-state index contributed by atoms with van der Waals surface area (Å²) in [6.45, 7) is 2.72. The predicted octanol–water partition coefficient (Wildman–Crippen LogP) is 4.85. The second-order valence-corrected chi connectivity index (χ2v) is 7.79. The first-order chi connectivity index (χ1) is 14.2. The Kier molecular flexibility index (Phi) is 5.84. The van der Waals surface area contributed by atoms with Crippen LogP contribution in [-0.4, -0.2) is 35.5 Å². The van der Waals surface area contributed by atoms with Gasteiger partial charge in [0.15, 0.2) is 5.78 Å². The van der Waals surface area contributed by atoms with Crippen LogP contribution in [0.1, 0.15) is 48.5 Å². The number of nitrogens with zero attached hydrogens (tertiary/aromatic N) is 1. The van der Waals surface area contributed by atoms with Crippen molar-refractivity contribution in [2.45, 2.75) is 51.3 Å². The molecule has 0 saturated carbocycles. The van der Waals surface area contributed by atoms with Crippen molar-refractivity contribution < 1.29 is 19.1 Å². The lowest BCUT2D eigenvalue weighted by molar-refractivity contribution is 0.0484. The summed E-state index contributed by atoms with van der Waals surface area (Å²) in [6, 6.07) is 17.3. The first-order valence-electron chi connectivity index (χ1n) is 10.4. The molecule has 4 rings (SSSR count). The molecule has 2 unspecified atom stereocenters. The molecule has 0 aliphatic carbocycles. The Hall–Kier alpha value is -2.82. The van der Waals surface area contributed by atoms with Crippen LogP contribution in [0.5, 0.6) is 5.75 Å². The minimum Gasteiger partial charge on any atom is -0.493 e. The number of hydrogen-bond acceptors (Lipinski definition) is 4. The van der Waals surface area contributed by atoms with Crippen LogP contribution in [-0.2, 0) is 11.3 Å². The first-order valence-corrected chi connectivity index (χ1v) is 10.4. The van der Waals surface area contributed by atoms with Crippen molar-refractivity contribution in [2.75, 3.05) is 6.61 Å². The van der Waals surface area contributed by atoms with Gasteiger partial charge in [-0.25, -0.2) is 4.79 Å². The van der Waals surface area contributed by atoms with E-state index in [0.29, 0.717) is 30.8 Å².